The van der Waals surface area contributed by atoms with E-state index in [1.54, 1.807) is 0 Å². The molecule has 2 rings (SSSR count). The van der Waals surface area contributed by atoms with Gasteiger partial charge in [0.15, 0.2) is 5.96 Å². The van der Waals surface area contributed by atoms with Gasteiger partial charge in [0.1, 0.15) is 11.6 Å². The zero-order valence-electron chi connectivity index (χ0n) is 14.8. The molecule has 0 aliphatic carbocycles. The Kier molecular flexibility index (Phi) is 6.74. The van der Waals surface area contributed by atoms with Gasteiger partial charge in [-0.3, -0.25) is 0 Å². The Hall–Kier alpha value is -2.63. The molecule has 0 saturated heterocycles. The van der Waals surface area contributed by atoms with Gasteiger partial charge in [0.2, 0.25) is 0 Å². The maximum Gasteiger partial charge on any atom is 0.191 e. The first kappa shape index (κ1) is 18.7. The third-order valence-corrected chi connectivity index (χ3v) is 3.64. The molecule has 0 unspecified atom stereocenters. The summed E-state index contributed by atoms with van der Waals surface area (Å²) >= 11 is 0. The van der Waals surface area contributed by atoms with Crippen LogP contribution in [0.4, 0.5) is 14.5 Å². The van der Waals surface area contributed by atoms with Gasteiger partial charge < -0.3 is 15.5 Å². The number of benzene rings is 2. The molecular formula is C19H24F2N4. The summed E-state index contributed by atoms with van der Waals surface area (Å²) in [4.78, 5) is 6.54. The Morgan fingerprint density at radius 1 is 1.08 bits per heavy atom. The summed E-state index contributed by atoms with van der Waals surface area (Å²) in [6, 6.07) is 11.5. The quantitative estimate of drug-likeness (QED) is 0.623. The van der Waals surface area contributed by atoms with E-state index in [2.05, 4.69) is 21.7 Å². The first-order valence-electron chi connectivity index (χ1n) is 8.22. The van der Waals surface area contributed by atoms with Gasteiger partial charge in [0.05, 0.1) is 6.54 Å². The number of halogens is 2. The Balaban J connectivity index is 2.05. The molecule has 2 N–H and O–H groups in total. The molecule has 0 spiro atoms. The molecule has 0 heterocycles. The van der Waals surface area contributed by atoms with Crippen LogP contribution in [0, 0.1) is 11.6 Å². The molecule has 0 fully saturated rings. The van der Waals surface area contributed by atoms with Crippen LogP contribution in [0.1, 0.15) is 18.1 Å². The van der Waals surface area contributed by atoms with Crippen molar-refractivity contribution in [2.24, 2.45) is 4.99 Å². The van der Waals surface area contributed by atoms with E-state index in [4.69, 9.17) is 0 Å². The molecule has 0 atom stereocenters. The summed E-state index contributed by atoms with van der Waals surface area (Å²) in [7, 11) is 3.98. The van der Waals surface area contributed by atoms with E-state index in [-0.39, 0.29) is 12.1 Å². The van der Waals surface area contributed by atoms with Gasteiger partial charge in [0.25, 0.3) is 0 Å². The van der Waals surface area contributed by atoms with Crippen molar-refractivity contribution < 1.29 is 8.78 Å². The highest BCUT2D eigenvalue weighted by molar-refractivity contribution is 5.79. The van der Waals surface area contributed by atoms with Crippen molar-refractivity contribution >= 4 is 11.6 Å². The minimum absolute atomic E-state index is 0.160. The van der Waals surface area contributed by atoms with Crippen LogP contribution < -0.4 is 15.5 Å². The lowest BCUT2D eigenvalue weighted by atomic mass is 10.2. The molecule has 134 valence electrons. The summed E-state index contributed by atoms with van der Waals surface area (Å²) in [5.74, 6) is -0.342. The number of aliphatic imine (C=N–C) groups is 1. The van der Waals surface area contributed by atoms with E-state index in [0.29, 0.717) is 19.0 Å². The summed E-state index contributed by atoms with van der Waals surface area (Å²) in [6.45, 7) is 3.28. The van der Waals surface area contributed by atoms with E-state index >= 15 is 0 Å². The zero-order chi connectivity index (χ0) is 18.2. The van der Waals surface area contributed by atoms with Gasteiger partial charge >= 0.3 is 0 Å². The number of nitrogens with one attached hydrogen (secondary N) is 2. The minimum atomic E-state index is -0.458. The lowest BCUT2D eigenvalue weighted by Gasteiger charge is -2.14. The van der Waals surface area contributed by atoms with Crippen molar-refractivity contribution in [1.29, 1.82) is 0 Å². The molecule has 2 aromatic rings. The van der Waals surface area contributed by atoms with E-state index in [1.807, 2.05) is 44.1 Å². The van der Waals surface area contributed by atoms with Crippen LogP contribution in [0.3, 0.4) is 0 Å². The molecule has 4 nitrogen and oxygen atoms in total. The number of hydrogen-bond donors (Lipinski definition) is 2. The predicted octanol–water partition coefficient (Wildman–Crippen LogP) is 3.29. The molecule has 0 aliphatic rings. The number of nitrogens with zero attached hydrogens (tertiary/aromatic N) is 2. The molecular weight excluding hydrogens is 322 g/mol. The van der Waals surface area contributed by atoms with Gasteiger partial charge in [0, 0.05) is 38.4 Å². The van der Waals surface area contributed by atoms with Crippen LogP contribution in [0.5, 0.6) is 0 Å². The van der Waals surface area contributed by atoms with Gasteiger partial charge in [-0.05, 0) is 42.8 Å². The molecule has 0 saturated carbocycles. The van der Waals surface area contributed by atoms with Crippen LogP contribution in [0.25, 0.3) is 0 Å². The molecule has 2 aromatic carbocycles. The topological polar surface area (TPSA) is 39.7 Å². The molecule has 0 amide bonds. The van der Waals surface area contributed by atoms with Crippen molar-refractivity contribution in [1.82, 2.24) is 10.6 Å². The van der Waals surface area contributed by atoms with Crippen molar-refractivity contribution in [2.45, 2.75) is 20.0 Å². The SMILES string of the molecule is CCNC(=NCc1cccc(N(C)C)c1)NCc1cc(F)ccc1F. The summed E-state index contributed by atoms with van der Waals surface area (Å²) in [5, 5.41) is 6.14. The monoisotopic (exact) mass is 346 g/mol. The van der Waals surface area contributed by atoms with Crippen molar-refractivity contribution in [3.05, 3.63) is 65.2 Å². The number of hydrogen-bond acceptors (Lipinski definition) is 2. The molecule has 0 bridgehead atoms. The van der Waals surface area contributed by atoms with Gasteiger partial charge in [-0.2, -0.15) is 0 Å². The second kappa shape index (κ2) is 9.01. The summed E-state index contributed by atoms with van der Waals surface area (Å²) < 4.78 is 27.0. The maximum absolute atomic E-state index is 13.7. The summed E-state index contributed by atoms with van der Waals surface area (Å²) in [5.41, 5.74) is 2.44. The number of rotatable bonds is 6. The summed E-state index contributed by atoms with van der Waals surface area (Å²) in [6.07, 6.45) is 0. The highest BCUT2D eigenvalue weighted by Crippen LogP contribution is 2.14. The smallest absolute Gasteiger partial charge is 0.191 e. The molecule has 0 aromatic heterocycles. The Labute approximate surface area is 147 Å². The number of anilines is 1. The molecule has 0 radical (unpaired) electrons. The van der Waals surface area contributed by atoms with E-state index in [9.17, 15) is 8.78 Å². The third-order valence-electron chi connectivity index (χ3n) is 3.64. The lowest BCUT2D eigenvalue weighted by molar-refractivity contribution is 0.581. The normalized spacial score (nSPS) is 11.3. The van der Waals surface area contributed by atoms with Crippen molar-refractivity contribution in [3.8, 4) is 0 Å². The maximum atomic E-state index is 13.7. The lowest BCUT2D eigenvalue weighted by Crippen LogP contribution is -2.37. The highest BCUT2D eigenvalue weighted by Gasteiger charge is 2.05. The zero-order valence-corrected chi connectivity index (χ0v) is 14.8. The third kappa shape index (κ3) is 5.74. The van der Waals surface area contributed by atoms with Crippen molar-refractivity contribution in [3.63, 3.8) is 0 Å². The predicted molar refractivity (Wildman–Crippen MR) is 98.8 cm³/mol. The van der Waals surface area contributed by atoms with Gasteiger partial charge in [-0.25, -0.2) is 13.8 Å². The van der Waals surface area contributed by atoms with Gasteiger partial charge in [-0.1, -0.05) is 12.1 Å². The fourth-order valence-electron chi connectivity index (χ4n) is 2.30. The van der Waals surface area contributed by atoms with E-state index < -0.39 is 11.6 Å². The standard InChI is InChI=1S/C19H24F2N4/c1-4-22-19(24-13-15-11-16(20)8-9-18(15)21)23-12-14-6-5-7-17(10-14)25(2)3/h5-11H,4,12-13H2,1-3H3,(H2,22,23,24). The largest absolute Gasteiger partial charge is 0.378 e. The van der Waals surface area contributed by atoms with Crippen LogP contribution in [0.15, 0.2) is 47.5 Å². The van der Waals surface area contributed by atoms with Crippen LogP contribution >= 0.6 is 0 Å². The second-order valence-electron chi connectivity index (χ2n) is 5.85. The van der Waals surface area contributed by atoms with E-state index in [0.717, 1.165) is 23.4 Å². The minimum Gasteiger partial charge on any atom is -0.378 e. The fraction of sp³-hybridized carbons (Fsp3) is 0.316. The molecule has 6 heteroatoms. The Morgan fingerprint density at radius 3 is 2.60 bits per heavy atom. The van der Waals surface area contributed by atoms with E-state index in [1.165, 1.54) is 6.07 Å². The number of guanidine groups is 1. The first-order chi connectivity index (χ1) is 12.0. The van der Waals surface area contributed by atoms with Crippen LogP contribution in [-0.4, -0.2) is 26.6 Å². The fourth-order valence-corrected chi connectivity index (χ4v) is 2.30. The average molecular weight is 346 g/mol. The first-order valence-corrected chi connectivity index (χ1v) is 8.22. The Morgan fingerprint density at radius 2 is 1.88 bits per heavy atom. The Bertz CT molecular complexity index is 729. The van der Waals surface area contributed by atoms with Crippen molar-refractivity contribution in [2.75, 3.05) is 25.5 Å². The molecule has 0 aliphatic heterocycles. The van der Waals surface area contributed by atoms with Crippen LogP contribution in [-0.2, 0) is 13.1 Å². The highest BCUT2D eigenvalue weighted by atomic mass is 19.1. The second-order valence-corrected chi connectivity index (χ2v) is 5.85. The van der Waals surface area contributed by atoms with Gasteiger partial charge in [-0.15, -0.1) is 0 Å². The van der Waals surface area contributed by atoms with Crippen LogP contribution in [0.2, 0.25) is 0 Å². The molecule has 25 heavy (non-hydrogen) atoms. The average Bonchev–Trinajstić information content (AvgIpc) is 2.60.